The Morgan fingerprint density at radius 2 is 2.21 bits per heavy atom. The molecule has 0 radical (unpaired) electrons. The number of hydrogen-bond acceptors (Lipinski definition) is 3. The van der Waals surface area contributed by atoms with Gasteiger partial charge in [-0.1, -0.05) is 0 Å². The number of carbonyl (C=O) groups is 1. The SMILES string of the molecule is O=C(CCC1CCCCO1)c1ccc2c(c1)CCO2. The predicted octanol–water partition coefficient (Wildman–Crippen LogP) is 3.15. The third-order valence-corrected chi connectivity index (χ3v) is 3.98. The second-order valence-electron chi connectivity index (χ2n) is 5.37. The molecule has 0 amide bonds. The second kappa shape index (κ2) is 5.74. The molecule has 1 aromatic rings. The monoisotopic (exact) mass is 260 g/mol. The van der Waals surface area contributed by atoms with Gasteiger partial charge < -0.3 is 9.47 Å². The van der Waals surface area contributed by atoms with E-state index in [9.17, 15) is 4.79 Å². The number of Topliss-reactive ketones (excluding diaryl/α,β-unsaturated/α-hetero) is 1. The zero-order chi connectivity index (χ0) is 13.1. The van der Waals surface area contributed by atoms with Crippen LogP contribution in [-0.2, 0) is 11.2 Å². The average molecular weight is 260 g/mol. The van der Waals surface area contributed by atoms with E-state index in [1.54, 1.807) is 0 Å². The van der Waals surface area contributed by atoms with Crippen LogP contribution in [0.15, 0.2) is 18.2 Å². The van der Waals surface area contributed by atoms with E-state index in [0.29, 0.717) is 6.42 Å². The Balaban J connectivity index is 1.57. The minimum Gasteiger partial charge on any atom is -0.493 e. The van der Waals surface area contributed by atoms with Crippen LogP contribution < -0.4 is 4.74 Å². The Labute approximate surface area is 113 Å². The van der Waals surface area contributed by atoms with Crippen molar-refractivity contribution in [3.8, 4) is 5.75 Å². The molecule has 3 rings (SSSR count). The lowest BCUT2D eigenvalue weighted by Gasteiger charge is -2.22. The van der Waals surface area contributed by atoms with Gasteiger partial charge in [0.1, 0.15) is 5.75 Å². The zero-order valence-electron chi connectivity index (χ0n) is 11.2. The average Bonchev–Trinajstić information content (AvgIpc) is 2.93. The van der Waals surface area contributed by atoms with Crippen LogP contribution >= 0.6 is 0 Å². The Hall–Kier alpha value is -1.35. The summed E-state index contributed by atoms with van der Waals surface area (Å²) in [7, 11) is 0. The summed E-state index contributed by atoms with van der Waals surface area (Å²) >= 11 is 0. The minimum atomic E-state index is 0.226. The normalized spacial score (nSPS) is 21.8. The van der Waals surface area contributed by atoms with E-state index >= 15 is 0 Å². The van der Waals surface area contributed by atoms with Crippen molar-refractivity contribution in [1.29, 1.82) is 0 Å². The van der Waals surface area contributed by atoms with Crippen LogP contribution in [0, 0.1) is 0 Å². The number of benzene rings is 1. The molecular formula is C16H20O3. The molecule has 0 aliphatic carbocycles. The van der Waals surface area contributed by atoms with Gasteiger partial charge in [0.2, 0.25) is 0 Å². The molecule has 1 saturated heterocycles. The minimum absolute atomic E-state index is 0.226. The molecule has 0 bridgehead atoms. The Morgan fingerprint density at radius 3 is 3.05 bits per heavy atom. The van der Waals surface area contributed by atoms with Crippen LogP contribution in [0.4, 0.5) is 0 Å². The van der Waals surface area contributed by atoms with E-state index in [-0.39, 0.29) is 11.9 Å². The van der Waals surface area contributed by atoms with Crippen LogP contribution in [0.3, 0.4) is 0 Å². The maximum absolute atomic E-state index is 12.2. The van der Waals surface area contributed by atoms with Crippen molar-refractivity contribution < 1.29 is 14.3 Å². The Kier molecular flexibility index (Phi) is 3.83. The van der Waals surface area contributed by atoms with Crippen LogP contribution in [0.1, 0.15) is 48.0 Å². The number of rotatable bonds is 4. The summed E-state index contributed by atoms with van der Waals surface area (Å²) in [4.78, 5) is 12.2. The topological polar surface area (TPSA) is 35.5 Å². The van der Waals surface area contributed by atoms with Crippen molar-refractivity contribution in [3.63, 3.8) is 0 Å². The summed E-state index contributed by atoms with van der Waals surface area (Å²) in [6.07, 6.45) is 6.14. The molecule has 3 nitrogen and oxygen atoms in total. The number of carbonyl (C=O) groups excluding carboxylic acids is 1. The summed E-state index contributed by atoms with van der Waals surface area (Å²) in [6, 6.07) is 5.80. The summed E-state index contributed by atoms with van der Waals surface area (Å²) in [6.45, 7) is 1.60. The van der Waals surface area contributed by atoms with E-state index in [1.807, 2.05) is 18.2 Å². The fourth-order valence-corrected chi connectivity index (χ4v) is 2.83. The molecule has 2 heterocycles. The Morgan fingerprint density at radius 1 is 1.26 bits per heavy atom. The van der Waals surface area contributed by atoms with E-state index in [0.717, 1.165) is 50.2 Å². The summed E-state index contributed by atoms with van der Waals surface area (Å²) in [5.74, 6) is 1.16. The van der Waals surface area contributed by atoms with Gasteiger partial charge in [0.05, 0.1) is 12.7 Å². The molecule has 0 spiro atoms. The highest BCUT2D eigenvalue weighted by Gasteiger charge is 2.18. The van der Waals surface area contributed by atoms with Crippen molar-refractivity contribution in [2.45, 2.75) is 44.6 Å². The highest BCUT2D eigenvalue weighted by Crippen LogP contribution is 2.27. The van der Waals surface area contributed by atoms with Crippen LogP contribution in [0.25, 0.3) is 0 Å². The molecular weight excluding hydrogens is 240 g/mol. The number of hydrogen-bond donors (Lipinski definition) is 0. The van der Waals surface area contributed by atoms with Gasteiger partial charge >= 0.3 is 0 Å². The van der Waals surface area contributed by atoms with Crippen molar-refractivity contribution in [3.05, 3.63) is 29.3 Å². The molecule has 1 fully saturated rings. The van der Waals surface area contributed by atoms with Gasteiger partial charge in [0, 0.05) is 25.0 Å². The van der Waals surface area contributed by atoms with Gasteiger partial charge in [-0.2, -0.15) is 0 Å². The molecule has 2 aliphatic rings. The maximum Gasteiger partial charge on any atom is 0.162 e. The highest BCUT2D eigenvalue weighted by atomic mass is 16.5. The lowest BCUT2D eigenvalue weighted by atomic mass is 9.99. The van der Waals surface area contributed by atoms with Gasteiger partial charge in [0.15, 0.2) is 5.78 Å². The van der Waals surface area contributed by atoms with E-state index in [1.165, 1.54) is 12.0 Å². The van der Waals surface area contributed by atoms with Gasteiger partial charge in [-0.25, -0.2) is 0 Å². The van der Waals surface area contributed by atoms with Crippen molar-refractivity contribution in [1.82, 2.24) is 0 Å². The van der Waals surface area contributed by atoms with Crippen LogP contribution in [0.5, 0.6) is 5.75 Å². The number of ketones is 1. The third-order valence-electron chi connectivity index (χ3n) is 3.98. The van der Waals surface area contributed by atoms with Crippen molar-refractivity contribution >= 4 is 5.78 Å². The zero-order valence-corrected chi connectivity index (χ0v) is 11.2. The molecule has 102 valence electrons. The molecule has 1 atom stereocenters. The highest BCUT2D eigenvalue weighted by molar-refractivity contribution is 5.96. The third kappa shape index (κ3) is 2.98. The first kappa shape index (κ1) is 12.7. The van der Waals surface area contributed by atoms with Gasteiger partial charge in [-0.3, -0.25) is 4.79 Å². The standard InChI is InChI=1S/C16H20O3/c17-15(6-5-14-3-1-2-9-18-14)12-4-7-16-13(11-12)8-10-19-16/h4,7,11,14H,1-3,5-6,8-10H2. The second-order valence-corrected chi connectivity index (χ2v) is 5.37. The molecule has 0 N–H and O–H groups in total. The van der Waals surface area contributed by atoms with Crippen LogP contribution in [0.2, 0.25) is 0 Å². The summed E-state index contributed by atoms with van der Waals surface area (Å²) in [5, 5.41) is 0. The van der Waals surface area contributed by atoms with Gasteiger partial charge in [-0.05, 0) is 49.4 Å². The molecule has 2 aliphatic heterocycles. The number of ether oxygens (including phenoxy) is 2. The largest absolute Gasteiger partial charge is 0.493 e. The van der Waals surface area contributed by atoms with E-state index < -0.39 is 0 Å². The Bertz CT molecular complexity index is 461. The first-order valence-corrected chi connectivity index (χ1v) is 7.23. The molecule has 0 aromatic heterocycles. The predicted molar refractivity (Wildman–Crippen MR) is 72.8 cm³/mol. The summed E-state index contributed by atoms with van der Waals surface area (Å²) < 4.78 is 11.1. The molecule has 0 saturated carbocycles. The van der Waals surface area contributed by atoms with E-state index in [4.69, 9.17) is 9.47 Å². The molecule has 19 heavy (non-hydrogen) atoms. The fraction of sp³-hybridized carbons (Fsp3) is 0.562. The molecule has 1 unspecified atom stereocenters. The number of fused-ring (bicyclic) bond motifs is 1. The fourth-order valence-electron chi connectivity index (χ4n) is 2.83. The van der Waals surface area contributed by atoms with Gasteiger partial charge in [-0.15, -0.1) is 0 Å². The van der Waals surface area contributed by atoms with Crippen molar-refractivity contribution in [2.75, 3.05) is 13.2 Å². The summed E-state index contributed by atoms with van der Waals surface area (Å²) in [5.41, 5.74) is 1.99. The smallest absolute Gasteiger partial charge is 0.162 e. The molecule has 3 heteroatoms. The van der Waals surface area contributed by atoms with Crippen LogP contribution in [-0.4, -0.2) is 25.1 Å². The lowest BCUT2D eigenvalue weighted by molar-refractivity contribution is 0.0104. The molecule has 1 aromatic carbocycles. The van der Waals surface area contributed by atoms with E-state index in [2.05, 4.69) is 0 Å². The maximum atomic E-state index is 12.2. The lowest BCUT2D eigenvalue weighted by Crippen LogP contribution is -2.20. The first-order chi connectivity index (χ1) is 9.33. The van der Waals surface area contributed by atoms with Gasteiger partial charge in [0.25, 0.3) is 0 Å². The first-order valence-electron chi connectivity index (χ1n) is 7.23. The quantitative estimate of drug-likeness (QED) is 0.780. The van der Waals surface area contributed by atoms with Crippen molar-refractivity contribution in [2.24, 2.45) is 0 Å².